The minimum Gasteiger partial charge on any atom is -0.378 e. The van der Waals surface area contributed by atoms with Gasteiger partial charge in [0.25, 0.3) is 0 Å². The van der Waals surface area contributed by atoms with Crippen molar-refractivity contribution in [1.82, 2.24) is 40.9 Å². The van der Waals surface area contributed by atoms with E-state index in [0.29, 0.717) is 99.7 Å². The van der Waals surface area contributed by atoms with Crippen molar-refractivity contribution in [2.45, 2.75) is 99.9 Å². The smallest absolute Gasteiger partial charge is 0.314 e. The Kier molecular flexibility index (Phi) is 21.0. The Morgan fingerprint density at radius 1 is 0.550 bits per heavy atom. The number of likely N-dealkylation sites (tertiary alicyclic amines) is 2. The molecule has 0 aliphatic carbocycles. The number of halogens is 2. The maximum atomic E-state index is 12.9. The standard InChI is InChI=1S/C58H82Cl2N10O8S2/c1-37-23-45(59)29-49-51(37)33-67(5)35-53(49)43-25-47(39(3)55(27-43)79(61,73)74)41-9-15-69(31-41)17-21-77-19-13-65-57(71)63-11-7-8-12-64-58(72)66-14-20-78-22-18-70-16-10-42(32-70)48-26-44(28-56(40(48)4)80(62,75)76)54-36-68(6)34-52-38(2)24-46(60)30-50(52)54/h23-30,41-42,53-54H,7-22,31-36H2,1-6H3,(H2,61,73,74)(H2,62,75,76)(H2,63,65,71)(H2,64,66,72)/t41-,42-,53?,54?/m1/s1. The molecule has 18 nitrogen and oxygen atoms in total. The molecular weight excluding hydrogens is 1100 g/mol. The average Bonchev–Trinajstić information content (AvgIpc) is 4.20. The summed E-state index contributed by atoms with van der Waals surface area (Å²) in [7, 11) is -3.78. The van der Waals surface area contributed by atoms with Crippen LogP contribution < -0.4 is 31.5 Å². The van der Waals surface area contributed by atoms with Gasteiger partial charge >= 0.3 is 12.1 Å². The molecule has 22 heteroatoms. The van der Waals surface area contributed by atoms with E-state index in [1.807, 2.05) is 38.1 Å². The number of urea groups is 2. The second-order valence-corrected chi connectivity index (χ2v) is 26.4. The molecule has 2 saturated heterocycles. The van der Waals surface area contributed by atoms with Crippen LogP contribution in [-0.4, -0.2) is 168 Å². The summed E-state index contributed by atoms with van der Waals surface area (Å²) in [6.45, 7) is 19.0. The molecule has 0 bridgehead atoms. The zero-order valence-corrected chi connectivity index (χ0v) is 50.4. The van der Waals surface area contributed by atoms with Crippen LogP contribution in [0.4, 0.5) is 9.59 Å². The number of nitrogens with zero attached hydrogens (tertiary/aromatic N) is 4. The normalized spacial score (nSPS) is 20.2. The summed E-state index contributed by atoms with van der Waals surface area (Å²) in [5.41, 5.74) is 12.2. The SMILES string of the molecule is Cc1cc(Cl)cc2c1CN(C)CC2c1cc([C@@H]2CCN(CCOCCNC(=O)NCCCCNC(=O)NCCOCCN3CC[C@@H](c4cc(C5CN(C)Cc6c(C)cc(Cl)cc65)cc(S(N)(=O)=O)c4C)C3)C2)c(C)c(S(N)(=O)=O)c1. The van der Waals surface area contributed by atoms with Gasteiger partial charge in [-0.1, -0.05) is 35.3 Å². The Morgan fingerprint density at radius 2 is 0.938 bits per heavy atom. The number of carbonyl (C=O) groups excluding carboxylic acids is 2. The second-order valence-electron chi connectivity index (χ2n) is 22.5. The first-order valence-electron chi connectivity index (χ1n) is 28.0. The van der Waals surface area contributed by atoms with Gasteiger partial charge in [0.2, 0.25) is 20.0 Å². The van der Waals surface area contributed by atoms with Crippen LogP contribution in [0.15, 0.2) is 58.3 Å². The monoisotopic (exact) mass is 1180 g/mol. The molecule has 0 aromatic heterocycles. The van der Waals surface area contributed by atoms with Crippen LogP contribution in [-0.2, 0) is 42.6 Å². The Hall–Kier alpha value is -4.42. The molecule has 4 aromatic rings. The fourth-order valence-electron chi connectivity index (χ4n) is 12.4. The van der Waals surface area contributed by atoms with E-state index in [4.69, 9.17) is 43.0 Å². The minimum atomic E-state index is -3.97. The highest BCUT2D eigenvalue weighted by Gasteiger charge is 2.34. The quantitative estimate of drug-likeness (QED) is 0.0445. The van der Waals surface area contributed by atoms with E-state index in [1.165, 1.54) is 11.1 Å². The summed E-state index contributed by atoms with van der Waals surface area (Å²) in [5, 5.41) is 24.4. The van der Waals surface area contributed by atoms with Crippen molar-refractivity contribution in [3.05, 3.63) is 125 Å². The summed E-state index contributed by atoms with van der Waals surface area (Å²) < 4.78 is 63.5. The zero-order chi connectivity index (χ0) is 57.5. The molecule has 4 aliphatic rings. The summed E-state index contributed by atoms with van der Waals surface area (Å²) in [5.74, 6) is 0.170. The molecule has 8 rings (SSSR count). The lowest BCUT2D eigenvalue weighted by molar-refractivity contribution is 0.113. The molecule has 0 spiro atoms. The number of carbonyl (C=O) groups is 2. The third-order valence-corrected chi connectivity index (χ3v) is 19.1. The van der Waals surface area contributed by atoms with E-state index >= 15 is 0 Å². The lowest BCUT2D eigenvalue weighted by Gasteiger charge is -2.34. The highest BCUT2D eigenvalue weighted by Crippen LogP contribution is 2.43. The Balaban J connectivity index is 0.664. The second kappa shape index (κ2) is 27.3. The van der Waals surface area contributed by atoms with Crippen molar-refractivity contribution in [2.75, 3.05) is 119 Å². The highest BCUT2D eigenvalue weighted by molar-refractivity contribution is 7.89. The van der Waals surface area contributed by atoms with Crippen molar-refractivity contribution in [3.63, 3.8) is 0 Å². The number of hydrogen-bond acceptors (Lipinski definition) is 12. The van der Waals surface area contributed by atoms with Gasteiger partial charge in [0.15, 0.2) is 0 Å². The summed E-state index contributed by atoms with van der Waals surface area (Å²) in [4.78, 5) is 34.3. The number of nitrogens with one attached hydrogen (secondary N) is 4. The maximum Gasteiger partial charge on any atom is 0.314 e. The molecule has 2 fully saturated rings. The number of nitrogens with two attached hydrogens (primary N) is 2. The number of aryl methyl sites for hydroxylation is 2. The van der Waals surface area contributed by atoms with Crippen molar-refractivity contribution in [3.8, 4) is 0 Å². The molecule has 4 amide bonds. The fourth-order valence-corrected chi connectivity index (χ4v) is 14.7. The molecule has 438 valence electrons. The largest absolute Gasteiger partial charge is 0.378 e. The van der Waals surface area contributed by atoms with Crippen LogP contribution in [0.5, 0.6) is 0 Å². The van der Waals surface area contributed by atoms with Crippen molar-refractivity contribution in [2.24, 2.45) is 10.3 Å². The van der Waals surface area contributed by atoms with Crippen LogP contribution in [0.25, 0.3) is 0 Å². The first-order valence-corrected chi connectivity index (χ1v) is 31.8. The number of benzene rings is 4. The third-order valence-electron chi connectivity index (χ3n) is 16.6. The van der Waals surface area contributed by atoms with E-state index in [1.54, 1.807) is 12.1 Å². The molecule has 4 aromatic carbocycles. The van der Waals surface area contributed by atoms with Crippen LogP contribution in [0.3, 0.4) is 0 Å². The van der Waals surface area contributed by atoms with Crippen molar-refractivity contribution < 1.29 is 35.9 Å². The average molecular weight is 1180 g/mol. The first-order chi connectivity index (χ1) is 38.0. The number of fused-ring (bicyclic) bond motifs is 2. The summed E-state index contributed by atoms with van der Waals surface area (Å²) in [6, 6.07) is 15.3. The van der Waals surface area contributed by atoms with E-state index in [-0.39, 0.29) is 45.5 Å². The number of sulfonamides is 2. The van der Waals surface area contributed by atoms with Gasteiger partial charge in [0.05, 0.1) is 36.2 Å². The number of hydrogen-bond donors (Lipinski definition) is 6. The van der Waals surface area contributed by atoms with Crippen LogP contribution in [0, 0.1) is 27.7 Å². The van der Waals surface area contributed by atoms with Gasteiger partial charge in [-0.25, -0.2) is 36.7 Å². The highest BCUT2D eigenvalue weighted by atomic mass is 35.5. The van der Waals surface area contributed by atoms with Crippen LogP contribution in [0.1, 0.15) is 116 Å². The summed E-state index contributed by atoms with van der Waals surface area (Å²) >= 11 is 13.1. The maximum absolute atomic E-state index is 12.9. The van der Waals surface area contributed by atoms with E-state index in [9.17, 15) is 26.4 Å². The van der Waals surface area contributed by atoms with E-state index < -0.39 is 20.0 Å². The Bertz CT molecular complexity index is 2910. The van der Waals surface area contributed by atoms with Crippen LogP contribution >= 0.6 is 23.2 Å². The molecule has 4 heterocycles. The number of primary sulfonamides is 2. The van der Waals surface area contributed by atoms with E-state index in [2.05, 4.69) is 80.9 Å². The first kappa shape index (κ1) is 61.6. The number of likely N-dealkylation sites (N-methyl/N-ethyl adjacent to an activating group) is 2. The zero-order valence-electron chi connectivity index (χ0n) is 47.3. The molecule has 4 atom stereocenters. The fraction of sp³-hybridized carbons (Fsp3) is 0.552. The lowest BCUT2D eigenvalue weighted by atomic mass is 9.81. The topological polar surface area (TPSA) is 234 Å². The molecule has 0 radical (unpaired) electrons. The van der Waals surface area contributed by atoms with Gasteiger partial charge in [-0.15, -0.1) is 0 Å². The molecule has 4 aliphatic heterocycles. The molecular formula is C58H82Cl2N10O8S2. The third kappa shape index (κ3) is 15.8. The minimum absolute atomic E-state index is 0.0522. The predicted molar refractivity (Wildman–Crippen MR) is 315 cm³/mol. The number of amides is 4. The Labute approximate surface area is 484 Å². The number of ether oxygens (including phenoxy) is 2. The van der Waals surface area contributed by atoms with Gasteiger partial charge in [0.1, 0.15) is 0 Å². The number of unbranched alkanes of at least 4 members (excludes halogenated alkanes) is 1. The summed E-state index contributed by atoms with van der Waals surface area (Å²) in [6.07, 6.45) is 3.14. The van der Waals surface area contributed by atoms with E-state index in [0.717, 1.165) is 110 Å². The van der Waals surface area contributed by atoms with Gasteiger partial charge < -0.3 is 50.3 Å². The van der Waals surface area contributed by atoms with Gasteiger partial charge in [-0.05, 0) is 196 Å². The predicted octanol–water partition coefficient (Wildman–Crippen LogP) is 6.37. The molecule has 2 unspecified atom stereocenters. The van der Waals surface area contributed by atoms with Crippen molar-refractivity contribution in [1.29, 1.82) is 0 Å². The molecule has 80 heavy (non-hydrogen) atoms. The number of rotatable bonds is 23. The molecule has 8 N–H and O–H groups in total. The Morgan fingerprint density at radius 3 is 1.32 bits per heavy atom. The van der Waals surface area contributed by atoms with Gasteiger partial charge in [-0.3, -0.25) is 0 Å². The lowest BCUT2D eigenvalue weighted by Crippen LogP contribution is -2.39. The van der Waals surface area contributed by atoms with Crippen molar-refractivity contribution >= 4 is 55.3 Å². The van der Waals surface area contributed by atoms with Gasteiger partial charge in [0, 0.05) is 100 Å². The van der Waals surface area contributed by atoms with Gasteiger partial charge in [-0.2, -0.15) is 0 Å². The van der Waals surface area contributed by atoms with Crippen LogP contribution in [0.2, 0.25) is 10.0 Å². The molecule has 0 saturated carbocycles.